The third-order valence-electron chi connectivity index (χ3n) is 3.17. The second-order valence-electron chi connectivity index (χ2n) is 4.86. The molecule has 0 aliphatic carbocycles. The van der Waals surface area contributed by atoms with Crippen molar-refractivity contribution in [2.75, 3.05) is 11.3 Å². The van der Waals surface area contributed by atoms with E-state index in [0.29, 0.717) is 5.82 Å². The van der Waals surface area contributed by atoms with Crippen molar-refractivity contribution in [2.45, 2.75) is 11.8 Å². The molecule has 8 nitrogen and oxygen atoms in total. The fourth-order valence-corrected chi connectivity index (χ4v) is 3.07. The molecular weight excluding hydrogens is 349 g/mol. The van der Waals surface area contributed by atoms with Crippen molar-refractivity contribution in [1.82, 2.24) is 19.5 Å². The number of anilines is 1. The Bertz CT molecular complexity index is 977. The van der Waals surface area contributed by atoms with Gasteiger partial charge in [-0.15, -0.1) is 0 Å². The van der Waals surface area contributed by atoms with E-state index in [1.54, 1.807) is 23.9 Å². The minimum atomic E-state index is -4.01. The number of hydrogen-bond donors (Lipinski definition) is 1. The van der Waals surface area contributed by atoms with Crippen LogP contribution in [0.5, 0.6) is 5.75 Å². The van der Waals surface area contributed by atoms with Crippen LogP contribution in [0.2, 0.25) is 0 Å². The van der Waals surface area contributed by atoms with Crippen LogP contribution in [0, 0.1) is 5.82 Å². The zero-order valence-corrected chi connectivity index (χ0v) is 13.9. The Hall–Kier alpha value is -3.01. The normalized spacial score (nSPS) is 11.3. The van der Waals surface area contributed by atoms with E-state index in [1.807, 2.05) is 0 Å². The number of aromatic nitrogens is 4. The molecule has 0 bridgehead atoms. The fraction of sp³-hybridized carbons (Fsp3) is 0.133. The molecule has 3 aromatic rings. The van der Waals surface area contributed by atoms with Crippen molar-refractivity contribution in [3.63, 3.8) is 0 Å². The summed E-state index contributed by atoms with van der Waals surface area (Å²) in [4.78, 5) is 11.6. The minimum Gasteiger partial charge on any atom is -0.491 e. The van der Waals surface area contributed by atoms with E-state index in [4.69, 9.17) is 4.74 Å². The molecule has 130 valence electrons. The highest BCUT2D eigenvalue weighted by molar-refractivity contribution is 7.92. The van der Waals surface area contributed by atoms with Crippen molar-refractivity contribution < 1.29 is 17.5 Å². The van der Waals surface area contributed by atoms with Gasteiger partial charge in [0, 0.05) is 18.5 Å². The van der Waals surface area contributed by atoms with Crippen molar-refractivity contribution in [2.24, 2.45) is 0 Å². The molecule has 0 radical (unpaired) electrons. The van der Waals surface area contributed by atoms with Crippen LogP contribution in [0.3, 0.4) is 0 Å². The van der Waals surface area contributed by atoms with Gasteiger partial charge in [-0.05, 0) is 25.1 Å². The van der Waals surface area contributed by atoms with E-state index in [-0.39, 0.29) is 23.1 Å². The van der Waals surface area contributed by atoms with Crippen molar-refractivity contribution in [3.8, 4) is 11.6 Å². The molecule has 0 fully saturated rings. The molecule has 2 aromatic heterocycles. The fourth-order valence-electron chi connectivity index (χ4n) is 2.06. The first-order valence-electron chi connectivity index (χ1n) is 7.25. The van der Waals surface area contributed by atoms with E-state index in [2.05, 4.69) is 19.7 Å². The van der Waals surface area contributed by atoms with Gasteiger partial charge >= 0.3 is 0 Å². The third kappa shape index (κ3) is 3.74. The molecule has 0 atom stereocenters. The van der Waals surface area contributed by atoms with Crippen LogP contribution < -0.4 is 9.46 Å². The van der Waals surface area contributed by atoms with Gasteiger partial charge in [0.1, 0.15) is 24.3 Å². The number of benzene rings is 1. The lowest BCUT2D eigenvalue weighted by Crippen LogP contribution is -2.15. The topological polar surface area (TPSA) is 99.0 Å². The van der Waals surface area contributed by atoms with Gasteiger partial charge in [-0.1, -0.05) is 0 Å². The summed E-state index contributed by atoms with van der Waals surface area (Å²) in [5.41, 5.74) is 0. The van der Waals surface area contributed by atoms with Crippen LogP contribution in [0.25, 0.3) is 5.82 Å². The Morgan fingerprint density at radius 2 is 2.12 bits per heavy atom. The predicted molar refractivity (Wildman–Crippen MR) is 87.5 cm³/mol. The summed E-state index contributed by atoms with van der Waals surface area (Å²) in [7, 11) is -4.01. The van der Waals surface area contributed by atoms with Gasteiger partial charge < -0.3 is 4.74 Å². The standard InChI is InChI=1S/C15H14FN5O3S/c1-2-24-13-4-3-11(7-12(13)16)25(22,23)20-14-8-15(19-9-18-14)21-6-5-17-10-21/h3-10H,2H2,1H3,(H,18,19,20). The maximum absolute atomic E-state index is 13.9. The summed E-state index contributed by atoms with van der Waals surface area (Å²) < 4.78 is 47.7. The van der Waals surface area contributed by atoms with Crippen LogP contribution in [0.15, 0.2) is 54.2 Å². The van der Waals surface area contributed by atoms with E-state index in [1.165, 1.54) is 30.9 Å². The Labute approximate surface area is 143 Å². The molecule has 3 rings (SSSR count). The van der Waals surface area contributed by atoms with Gasteiger partial charge in [0.05, 0.1) is 11.5 Å². The van der Waals surface area contributed by atoms with Crippen molar-refractivity contribution in [1.29, 1.82) is 0 Å². The molecule has 1 aromatic carbocycles. The van der Waals surface area contributed by atoms with E-state index < -0.39 is 15.8 Å². The Morgan fingerprint density at radius 1 is 1.28 bits per heavy atom. The Balaban J connectivity index is 1.87. The summed E-state index contributed by atoms with van der Waals surface area (Å²) in [5, 5.41) is 0. The van der Waals surface area contributed by atoms with Crippen LogP contribution in [0.1, 0.15) is 6.92 Å². The van der Waals surface area contributed by atoms with Gasteiger partial charge in [0.25, 0.3) is 10.0 Å². The van der Waals surface area contributed by atoms with Gasteiger partial charge in [-0.2, -0.15) is 0 Å². The van der Waals surface area contributed by atoms with E-state index in [0.717, 1.165) is 6.07 Å². The molecule has 0 aliphatic rings. The molecule has 0 spiro atoms. The molecule has 0 amide bonds. The van der Waals surface area contributed by atoms with Crippen molar-refractivity contribution in [3.05, 3.63) is 55.1 Å². The van der Waals surface area contributed by atoms with Gasteiger partial charge in [-0.25, -0.2) is 27.8 Å². The lowest BCUT2D eigenvalue weighted by Gasteiger charge is -2.10. The van der Waals surface area contributed by atoms with E-state index in [9.17, 15) is 12.8 Å². The second-order valence-corrected chi connectivity index (χ2v) is 6.54. The van der Waals surface area contributed by atoms with Crippen LogP contribution >= 0.6 is 0 Å². The average Bonchev–Trinajstić information content (AvgIpc) is 3.11. The number of rotatable bonds is 6. The summed E-state index contributed by atoms with van der Waals surface area (Å²) in [5.74, 6) is -0.284. The minimum absolute atomic E-state index is 0.00844. The van der Waals surface area contributed by atoms with Gasteiger partial charge in [-0.3, -0.25) is 9.29 Å². The molecule has 0 saturated heterocycles. The predicted octanol–water partition coefficient (Wildman–Crippen LogP) is 2.00. The summed E-state index contributed by atoms with van der Waals surface area (Å²) in [6, 6.07) is 4.86. The van der Waals surface area contributed by atoms with Crippen molar-refractivity contribution >= 4 is 15.8 Å². The molecule has 0 saturated carbocycles. The summed E-state index contributed by atoms with van der Waals surface area (Å²) in [6.45, 7) is 1.98. The quantitative estimate of drug-likeness (QED) is 0.719. The SMILES string of the molecule is CCOc1ccc(S(=O)(=O)Nc2cc(-n3ccnc3)ncn2)cc1F. The second kappa shape index (κ2) is 6.85. The molecule has 2 heterocycles. The average molecular weight is 363 g/mol. The van der Waals surface area contributed by atoms with Crippen LogP contribution in [0.4, 0.5) is 10.2 Å². The molecular formula is C15H14FN5O3S. The van der Waals surface area contributed by atoms with Crippen LogP contribution in [-0.2, 0) is 10.0 Å². The monoisotopic (exact) mass is 363 g/mol. The number of sulfonamides is 1. The number of ether oxygens (including phenoxy) is 1. The van der Waals surface area contributed by atoms with Gasteiger partial charge in [0.15, 0.2) is 11.6 Å². The number of imidazole rings is 1. The largest absolute Gasteiger partial charge is 0.491 e. The Kier molecular flexibility index (Phi) is 4.61. The lowest BCUT2D eigenvalue weighted by molar-refractivity contribution is 0.321. The Morgan fingerprint density at radius 3 is 2.80 bits per heavy atom. The third-order valence-corrected chi connectivity index (χ3v) is 4.53. The number of halogens is 1. The number of nitrogens with zero attached hydrogens (tertiary/aromatic N) is 4. The maximum Gasteiger partial charge on any atom is 0.263 e. The first kappa shape index (κ1) is 16.8. The number of nitrogens with one attached hydrogen (secondary N) is 1. The highest BCUT2D eigenvalue weighted by Gasteiger charge is 2.18. The molecule has 25 heavy (non-hydrogen) atoms. The molecule has 0 unspecified atom stereocenters. The van der Waals surface area contributed by atoms with Gasteiger partial charge in [0.2, 0.25) is 0 Å². The molecule has 1 N–H and O–H groups in total. The smallest absolute Gasteiger partial charge is 0.263 e. The zero-order valence-electron chi connectivity index (χ0n) is 13.1. The summed E-state index contributed by atoms with van der Waals surface area (Å²) >= 11 is 0. The zero-order chi connectivity index (χ0) is 17.9. The first-order chi connectivity index (χ1) is 12.0. The number of hydrogen-bond acceptors (Lipinski definition) is 6. The summed E-state index contributed by atoms with van der Waals surface area (Å²) in [6.07, 6.45) is 5.95. The van der Waals surface area contributed by atoms with Crippen LogP contribution in [-0.4, -0.2) is 34.5 Å². The maximum atomic E-state index is 13.9. The highest BCUT2D eigenvalue weighted by atomic mass is 32.2. The lowest BCUT2D eigenvalue weighted by atomic mass is 10.3. The first-order valence-corrected chi connectivity index (χ1v) is 8.73. The van der Waals surface area contributed by atoms with E-state index >= 15 is 0 Å². The molecule has 0 aliphatic heterocycles. The highest BCUT2D eigenvalue weighted by Crippen LogP contribution is 2.22. The molecule has 10 heteroatoms.